The number of ether oxygens (including phenoxy) is 2. The van der Waals surface area contributed by atoms with E-state index in [1.165, 1.54) is 0 Å². The van der Waals surface area contributed by atoms with E-state index in [-0.39, 0.29) is 6.10 Å². The molecule has 0 saturated carbocycles. The van der Waals surface area contributed by atoms with Crippen LogP contribution in [0.25, 0.3) is 0 Å². The fraction of sp³-hybridized carbons (Fsp3) is 0.250. The third kappa shape index (κ3) is 2.47. The number of hydrogen-bond acceptors (Lipinski definition) is 3. The normalized spacial score (nSPS) is 20.9. The molecule has 0 fully saturated rings. The van der Waals surface area contributed by atoms with Gasteiger partial charge in [0.1, 0.15) is 17.6 Å². The molecule has 4 heteroatoms. The van der Waals surface area contributed by atoms with Gasteiger partial charge < -0.3 is 14.6 Å². The van der Waals surface area contributed by atoms with Gasteiger partial charge in [-0.05, 0) is 29.8 Å². The van der Waals surface area contributed by atoms with Gasteiger partial charge in [0.25, 0.3) is 0 Å². The summed E-state index contributed by atoms with van der Waals surface area (Å²) in [5, 5.41) is 11.0. The number of methoxy groups -OCH3 is 1. The summed E-state index contributed by atoms with van der Waals surface area (Å²) in [4.78, 5) is 0. The van der Waals surface area contributed by atoms with Crippen molar-refractivity contribution in [1.82, 2.24) is 0 Å². The standard InChI is InChI=1S/C16H15ClO3/c1-19-12-6-7-13-14(18)9-15(20-16(13)8-12)10-2-4-11(17)5-3-10/h2-8,14-15,18H,9H2,1H3/t14-,15?/m1/s1. The summed E-state index contributed by atoms with van der Waals surface area (Å²) in [7, 11) is 1.61. The van der Waals surface area contributed by atoms with Crippen LogP contribution in [0.3, 0.4) is 0 Å². The monoisotopic (exact) mass is 290 g/mol. The molecule has 0 aromatic heterocycles. The van der Waals surface area contributed by atoms with E-state index >= 15 is 0 Å². The molecule has 0 aliphatic carbocycles. The van der Waals surface area contributed by atoms with Crippen LogP contribution in [0.15, 0.2) is 42.5 Å². The first-order valence-corrected chi connectivity index (χ1v) is 6.83. The zero-order chi connectivity index (χ0) is 14.1. The van der Waals surface area contributed by atoms with Crippen molar-refractivity contribution in [2.24, 2.45) is 0 Å². The SMILES string of the molecule is COc1ccc2c(c1)OC(c1ccc(Cl)cc1)C[C@H]2O. The lowest BCUT2D eigenvalue weighted by atomic mass is 9.95. The maximum atomic E-state index is 10.3. The Morgan fingerprint density at radius 1 is 1.20 bits per heavy atom. The van der Waals surface area contributed by atoms with Crippen LogP contribution in [0.4, 0.5) is 0 Å². The molecule has 0 spiro atoms. The second kappa shape index (κ2) is 5.35. The summed E-state index contributed by atoms with van der Waals surface area (Å²) in [6, 6.07) is 13.0. The smallest absolute Gasteiger partial charge is 0.129 e. The van der Waals surface area contributed by atoms with Crippen molar-refractivity contribution in [1.29, 1.82) is 0 Å². The zero-order valence-electron chi connectivity index (χ0n) is 11.0. The maximum Gasteiger partial charge on any atom is 0.129 e. The van der Waals surface area contributed by atoms with Crippen LogP contribution in [-0.4, -0.2) is 12.2 Å². The summed E-state index contributed by atoms with van der Waals surface area (Å²) in [6.07, 6.45) is -0.187. The molecule has 2 aromatic rings. The highest BCUT2D eigenvalue weighted by Crippen LogP contribution is 2.42. The lowest BCUT2D eigenvalue weighted by molar-refractivity contribution is 0.0655. The van der Waals surface area contributed by atoms with E-state index in [1.54, 1.807) is 13.2 Å². The Morgan fingerprint density at radius 2 is 1.95 bits per heavy atom. The molecule has 1 heterocycles. The van der Waals surface area contributed by atoms with Gasteiger partial charge in [-0.1, -0.05) is 23.7 Å². The van der Waals surface area contributed by atoms with E-state index in [2.05, 4.69) is 0 Å². The minimum atomic E-state index is -0.537. The Bertz CT molecular complexity index is 610. The van der Waals surface area contributed by atoms with Gasteiger partial charge in [0, 0.05) is 23.1 Å². The molecule has 0 saturated heterocycles. The Morgan fingerprint density at radius 3 is 2.65 bits per heavy atom. The molecule has 20 heavy (non-hydrogen) atoms. The predicted molar refractivity (Wildman–Crippen MR) is 77.4 cm³/mol. The fourth-order valence-corrected chi connectivity index (χ4v) is 2.56. The highest BCUT2D eigenvalue weighted by atomic mass is 35.5. The molecule has 3 nitrogen and oxygen atoms in total. The fourth-order valence-electron chi connectivity index (χ4n) is 2.43. The van der Waals surface area contributed by atoms with E-state index < -0.39 is 6.10 Å². The molecular formula is C16H15ClO3. The second-order valence-corrected chi connectivity index (χ2v) is 5.25. The Balaban J connectivity index is 1.92. The van der Waals surface area contributed by atoms with E-state index in [4.69, 9.17) is 21.1 Å². The van der Waals surface area contributed by atoms with Gasteiger partial charge in [-0.25, -0.2) is 0 Å². The van der Waals surface area contributed by atoms with E-state index in [0.717, 1.165) is 11.1 Å². The molecule has 3 rings (SSSR count). The maximum absolute atomic E-state index is 10.3. The van der Waals surface area contributed by atoms with E-state index in [0.29, 0.717) is 22.9 Å². The number of rotatable bonds is 2. The van der Waals surface area contributed by atoms with Gasteiger partial charge in [-0.15, -0.1) is 0 Å². The molecule has 2 atom stereocenters. The minimum absolute atomic E-state index is 0.179. The summed E-state index contributed by atoms with van der Waals surface area (Å²) in [5.74, 6) is 1.38. The summed E-state index contributed by atoms with van der Waals surface area (Å²) in [5.41, 5.74) is 1.80. The van der Waals surface area contributed by atoms with Crippen LogP contribution < -0.4 is 9.47 Å². The highest BCUT2D eigenvalue weighted by Gasteiger charge is 2.28. The topological polar surface area (TPSA) is 38.7 Å². The van der Waals surface area contributed by atoms with Gasteiger partial charge in [0.2, 0.25) is 0 Å². The van der Waals surface area contributed by atoms with Gasteiger partial charge in [0.15, 0.2) is 0 Å². The molecule has 2 aromatic carbocycles. The highest BCUT2D eigenvalue weighted by molar-refractivity contribution is 6.30. The van der Waals surface area contributed by atoms with Crippen molar-refractivity contribution in [3.8, 4) is 11.5 Å². The predicted octanol–water partition coefficient (Wildman–Crippen LogP) is 3.91. The van der Waals surface area contributed by atoms with E-state index in [1.807, 2.05) is 36.4 Å². The third-order valence-corrected chi connectivity index (χ3v) is 3.78. The van der Waals surface area contributed by atoms with Crippen molar-refractivity contribution >= 4 is 11.6 Å². The van der Waals surface area contributed by atoms with Crippen molar-refractivity contribution in [2.75, 3.05) is 7.11 Å². The zero-order valence-corrected chi connectivity index (χ0v) is 11.8. The van der Waals surface area contributed by atoms with Crippen molar-refractivity contribution in [3.63, 3.8) is 0 Å². The van der Waals surface area contributed by atoms with Crippen LogP contribution in [0.1, 0.15) is 29.8 Å². The average molecular weight is 291 g/mol. The molecule has 1 aliphatic heterocycles. The molecule has 104 valence electrons. The molecule has 0 amide bonds. The number of benzene rings is 2. The molecule has 1 unspecified atom stereocenters. The van der Waals surface area contributed by atoms with Crippen LogP contribution >= 0.6 is 11.6 Å². The van der Waals surface area contributed by atoms with Crippen molar-refractivity contribution < 1.29 is 14.6 Å². The largest absolute Gasteiger partial charge is 0.497 e. The van der Waals surface area contributed by atoms with Gasteiger partial charge in [-0.3, -0.25) is 0 Å². The second-order valence-electron chi connectivity index (χ2n) is 4.81. The number of aliphatic hydroxyl groups excluding tert-OH is 1. The van der Waals surface area contributed by atoms with Gasteiger partial charge >= 0.3 is 0 Å². The number of fused-ring (bicyclic) bond motifs is 1. The lowest BCUT2D eigenvalue weighted by Crippen LogP contribution is -2.19. The Kier molecular flexibility index (Phi) is 3.55. The molecule has 1 N–H and O–H groups in total. The minimum Gasteiger partial charge on any atom is -0.497 e. The van der Waals surface area contributed by atoms with Crippen LogP contribution in [-0.2, 0) is 0 Å². The molecule has 0 bridgehead atoms. The molecule has 1 aliphatic rings. The van der Waals surface area contributed by atoms with Crippen LogP contribution in [0.2, 0.25) is 5.02 Å². The van der Waals surface area contributed by atoms with Gasteiger partial charge in [0.05, 0.1) is 13.2 Å². The molecular weight excluding hydrogens is 276 g/mol. The first kappa shape index (κ1) is 13.3. The summed E-state index contributed by atoms with van der Waals surface area (Å²) in [6.45, 7) is 0. The quantitative estimate of drug-likeness (QED) is 0.911. The van der Waals surface area contributed by atoms with Crippen LogP contribution in [0.5, 0.6) is 11.5 Å². The van der Waals surface area contributed by atoms with Gasteiger partial charge in [-0.2, -0.15) is 0 Å². The number of hydrogen-bond donors (Lipinski definition) is 1. The van der Waals surface area contributed by atoms with E-state index in [9.17, 15) is 5.11 Å². The van der Waals surface area contributed by atoms with Crippen LogP contribution in [0, 0.1) is 0 Å². The van der Waals surface area contributed by atoms with Crippen molar-refractivity contribution in [2.45, 2.75) is 18.6 Å². The Hall–Kier alpha value is -1.71. The average Bonchev–Trinajstić information content (AvgIpc) is 2.47. The summed E-state index contributed by atoms with van der Waals surface area (Å²) < 4.78 is 11.2. The molecule has 0 radical (unpaired) electrons. The first-order valence-electron chi connectivity index (χ1n) is 6.45. The third-order valence-electron chi connectivity index (χ3n) is 3.53. The Labute approximate surface area is 122 Å². The summed E-state index contributed by atoms with van der Waals surface area (Å²) >= 11 is 5.89. The number of aliphatic hydroxyl groups is 1. The lowest BCUT2D eigenvalue weighted by Gasteiger charge is -2.30. The first-order chi connectivity index (χ1) is 9.67. The number of halogens is 1. The van der Waals surface area contributed by atoms with Crippen molar-refractivity contribution in [3.05, 3.63) is 58.6 Å².